The molecule has 1 saturated heterocycles. The summed E-state index contributed by atoms with van der Waals surface area (Å²) < 4.78 is 6.85. The van der Waals surface area contributed by atoms with Crippen molar-refractivity contribution in [2.45, 2.75) is 18.9 Å². The van der Waals surface area contributed by atoms with Crippen LogP contribution in [-0.2, 0) is 4.74 Å². The largest absolute Gasteiger partial charge is 0.385 e. The van der Waals surface area contributed by atoms with Crippen molar-refractivity contribution in [2.75, 3.05) is 13.2 Å². The minimum Gasteiger partial charge on any atom is -0.385 e. The van der Waals surface area contributed by atoms with Crippen molar-refractivity contribution < 1.29 is 9.84 Å². The molecule has 6 heteroatoms. The van der Waals surface area contributed by atoms with Crippen LogP contribution in [0.1, 0.15) is 24.6 Å². The Morgan fingerprint density at radius 1 is 1.56 bits per heavy atom. The minimum absolute atomic E-state index is 0.245. The van der Waals surface area contributed by atoms with E-state index in [0.717, 1.165) is 10.9 Å². The highest BCUT2D eigenvalue weighted by atomic mass is 79.9. The third kappa shape index (κ3) is 2.59. The molecule has 0 amide bonds. The second-order valence-electron chi connectivity index (χ2n) is 4.35. The van der Waals surface area contributed by atoms with Crippen LogP contribution < -0.4 is 0 Å². The molecule has 2 atom stereocenters. The topological polar surface area (TPSA) is 66.1 Å². The highest BCUT2D eigenvalue weighted by molar-refractivity contribution is 9.11. The maximum Gasteiger partial charge on any atom is 0.118 e. The van der Waals surface area contributed by atoms with E-state index in [1.807, 2.05) is 0 Å². The number of pyridine rings is 1. The van der Waals surface area contributed by atoms with Crippen LogP contribution >= 0.6 is 31.9 Å². The first-order valence-corrected chi connectivity index (χ1v) is 7.16. The Hall–Kier alpha value is -0.480. The molecular weight excluding hydrogens is 364 g/mol. The zero-order valence-electron chi connectivity index (χ0n) is 9.57. The molecule has 4 nitrogen and oxygen atoms in total. The highest BCUT2D eigenvalue weighted by Gasteiger charge is 2.42. The Kier molecular flexibility index (Phi) is 4.38. The number of aliphatic hydroxyl groups excluding tert-OH is 1. The fourth-order valence-electron chi connectivity index (χ4n) is 2.07. The maximum atomic E-state index is 10.5. The molecule has 1 aliphatic heterocycles. The van der Waals surface area contributed by atoms with Crippen LogP contribution in [0.3, 0.4) is 0 Å². The fourth-order valence-corrected chi connectivity index (χ4v) is 3.27. The van der Waals surface area contributed by atoms with Crippen molar-refractivity contribution in [3.8, 4) is 6.07 Å². The lowest BCUT2D eigenvalue weighted by molar-refractivity contribution is -0.0524. The van der Waals surface area contributed by atoms with E-state index in [0.29, 0.717) is 23.2 Å². The van der Waals surface area contributed by atoms with Crippen molar-refractivity contribution in [2.24, 2.45) is 5.41 Å². The van der Waals surface area contributed by atoms with E-state index in [9.17, 15) is 10.4 Å². The summed E-state index contributed by atoms with van der Waals surface area (Å²) in [5.74, 6) is 0. The Morgan fingerprint density at radius 3 is 2.89 bits per heavy atom. The summed E-state index contributed by atoms with van der Waals surface area (Å²) in [5.41, 5.74) is -0.424. The number of aliphatic hydroxyl groups is 1. The van der Waals surface area contributed by atoms with Crippen LogP contribution in [0.5, 0.6) is 0 Å². The van der Waals surface area contributed by atoms with Gasteiger partial charge in [-0.3, -0.25) is 4.98 Å². The number of aromatic nitrogens is 1. The molecule has 96 valence electrons. The second-order valence-corrected chi connectivity index (χ2v) is 6.12. The van der Waals surface area contributed by atoms with Crippen molar-refractivity contribution in [1.82, 2.24) is 4.98 Å². The molecule has 0 radical (unpaired) electrons. The van der Waals surface area contributed by atoms with Gasteiger partial charge in [0.15, 0.2) is 0 Å². The van der Waals surface area contributed by atoms with Crippen LogP contribution in [0.4, 0.5) is 0 Å². The summed E-state index contributed by atoms with van der Waals surface area (Å²) >= 11 is 6.67. The Morgan fingerprint density at radius 2 is 2.33 bits per heavy atom. The van der Waals surface area contributed by atoms with Crippen molar-refractivity contribution >= 4 is 31.9 Å². The zero-order chi connectivity index (χ0) is 13.2. The molecular formula is C12H12Br2N2O2. The van der Waals surface area contributed by atoms with Gasteiger partial charge in [-0.2, -0.15) is 5.26 Å². The number of rotatable bonds is 2. The van der Waals surface area contributed by atoms with E-state index in [-0.39, 0.29) is 6.61 Å². The average molecular weight is 376 g/mol. The van der Waals surface area contributed by atoms with Gasteiger partial charge in [-0.15, -0.1) is 0 Å². The van der Waals surface area contributed by atoms with Crippen molar-refractivity contribution in [3.63, 3.8) is 0 Å². The van der Waals surface area contributed by atoms with Crippen LogP contribution in [0.2, 0.25) is 0 Å². The molecule has 1 fully saturated rings. The van der Waals surface area contributed by atoms with E-state index in [4.69, 9.17) is 4.74 Å². The molecule has 1 aromatic rings. The normalized spacial score (nSPS) is 25.4. The number of nitriles is 1. The summed E-state index contributed by atoms with van der Waals surface area (Å²) in [6.45, 7) is 0.889. The summed E-state index contributed by atoms with van der Waals surface area (Å²) in [4.78, 5) is 4.20. The predicted molar refractivity (Wildman–Crippen MR) is 72.7 cm³/mol. The van der Waals surface area contributed by atoms with Crippen LogP contribution in [0.15, 0.2) is 21.2 Å². The number of hydrogen-bond donors (Lipinski definition) is 1. The molecule has 0 saturated carbocycles. The Bertz CT molecular complexity index is 481. The second kappa shape index (κ2) is 5.66. The number of hydrogen-bond acceptors (Lipinski definition) is 4. The van der Waals surface area contributed by atoms with Gasteiger partial charge in [0.1, 0.15) is 11.5 Å². The van der Waals surface area contributed by atoms with E-state index in [1.54, 1.807) is 12.3 Å². The van der Waals surface area contributed by atoms with Gasteiger partial charge in [-0.25, -0.2) is 0 Å². The monoisotopic (exact) mass is 374 g/mol. The third-order valence-electron chi connectivity index (χ3n) is 3.11. The lowest BCUT2D eigenvalue weighted by Crippen LogP contribution is -2.37. The van der Waals surface area contributed by atoms with E-state index < -0.39 is 11.5 Å². The minimum atomic E-state index is -0.953. The SMILES string of the molecule is N#CC1(C(O)c2ncc(Br)cc2Br)CCCOC1. The zero-order valence-corrected chi connectivity index (χ0v) is 12.7. The van der Waals surface area contributed by atoms with Crippen LogP contribution in [0.25, 0.3) is 0 Å². The first-order valence-electron chi connectivity index (χ1n) is 5.57. The van der Waals surface area contributed by atoms with Crippen molar-refractivity contribution in [1.29, 1.82) is 5.26 Å². The number of halogens is 2. The summed E-state index contributed by atoms with van der Waals surface area (Å²) in [6, 6.07) is 4.02. The van der Waals surface area contributed by atoms with Crippen LogP contribution in [0, 0.1) is 16.7 Å². The molecule has 2 unspecified atom stereocenters. The first-order chi connectivity index (χ1) is 8.59. The highest BCUT2D eigenvalue weighted by Crippen LogP contribution is 2.41. The molecule has 1 N–H and O–H groups in total. The lowest BCUT2D eigenvalue weighted by Gasteiger charge is -2.34. The molecule has 0 bridgehead atoms. The molecule has 1 aliphatic rings. The average Bonchev–Trinajstić information content (AvgIpc) is 2.39. The van der Waals surface area contributed by atoms with Gasteiger partial charge in [0, 0.05) is 21.7 Å². The predicted octanol–water partition coefficient (Wildman–Crippen LogP) is 2.96. The number of ether oxygens (including phenoxy) is 1. The molecule has 0 aliphatic carbocycles. The maximum absolute atomic E-state index is 10.5. The first kappa shape index (κ1) is 13.9. The smallest absolute Gasteiger partial charge is 0.118 e. The quantitative estimate of drug-likeness (QED) is 0.862. The van der Waals surface area contributed by atoms with Gasteiger partial charge in [-0.1, -0.05) is 0 Å². The van der Waals surface area contributed by atoms with Gasteiger partial charge < -0.3 is 9.84 Å². The summed E-state index contributed by atoms with van der Waals surface area (Å²) in [7, 11) is 0. The van der Waals surface area contributed by atoms with Gasteiger partial charge >= 0.3 is 0 Å². The van der Waals surface area contributed by atoms with E-state index >= 15 is 0 Å². The van der Waals surface area contributed by atoms with Gasteiger partial charge in [0.25, 0.3) is 0 Å². The molecule has 18 heavy (non-hydrogen) atoms. The molecule has 0 aromatic carbocycles. The van der Waals surface area contributed by atoms with Gasteiger partial charge in [0.05, 0.1) is 18.4 Å². The van der Waals surface area contributed by atoms with E-state index in [2.05, 4.69) is 42.9 Å². The molecule has 2 rings (SSSR count). The number of nitrogens with zero attached hydrogens (tertiary/aromatic N) is 2. The standard InChI is InChI=1S/C12H12Br2N2O2/c13-8-4-9(14)10(16-5-8)11(17)12(6-15)2-1-3-18-7-12/h4-5,11,17H,1-3,7H2. The van der Waals surface area contributed by atoms with Gasteiger partial charge in [-0.05, 0) is 50.8 Å². The lowest BCUT2D eigenvalue weighted by atomic mass is 9.77. The summed E-state index contributed by atoms with van der Waals surface area (Å²) in [5, 5.41) is 19.8. The fraction of sp³-hybridized carbons (Fsp3) is 0.500. The Labute approximate surface area is 122 Å². The Balaban J connectivity index is 2.34. The van der Waals surface area contributed by atoms with E-state index in [1.165, 1.54) is 0 Å². The van der Waals surface area contributed by atoms with Crippen LogP contribution in [-0.4, -0.2) is 23.3 Å². The van der Waals surface area contributed by atoms with Gasteiger partial charge in [0.2, 0.25) is 0 Å². The van der Waals surface area contributed by atoms with Crippen molar-refractivity contribution in [3.05, 3.63) is 26.9 Å². The molecule has 0 spiro atoms. The summed E-state index contributed by atoms with van der Waals surface area (Å²) in [6.07, 6.45) is 2.05. The third-order valence-corrected chi connectivity index (χ3v) is 4.18. The molecule has 1 aromatic heterocycles. The molecule has 2 heterocycles.